The minimum atomic E-state index is -0.884. The summed E-state index contributed by atoms with van der Waals surface area (Å²) in [5.74, 6) is -0.897. The van der Waals surface area contributed by atoms with Gasteiger partial charge in [0.25, 0.3) is 0 Å². The van der Waals surface area contributed by atoms with Crippen molar-refractivity contribution >= 4 is 11.9 Å². The molecule has 0 fully saturated rings. The van der Waals surface area contributed by atoms with Gasteiger partial charge in [-0.2, -0.15) is 0 Å². The molecule has 0 radical (unpaired) electrons. The number of carbonyl (C=O) groups is 2. The highest BCUT2D eigenvalue weighted by Crippen LogP contribution is 2.07. The monoisotopic (exact) mass is 264 g/mol. The first-order valence-electron chi connectivity index (χ1n) is 6.41. The van der Waals surface area contributed by atoms with Crippen LogP contribution in [-0.4, -0.2) is 39.5 Å². The number of aliphatic carboxylic acids is 1. The summed E-state index contributed by atoms with van der Waals surface area (Å²) < 4.78 is 0. The largest absolute Gasteiger partial charge is 0.481 e. The zero-order valence-corrected chi connectivity index (χ0v) is 11.4. The Morgan fingerprint density at radius 3 is 2.63 bits per heavy atom. The molecule has 1 heterocycles. The average molecular weight is 264 g/mol. The normalized spacial score (nSPS) is 10.5. The minimum absolute atomic E-state index is 0.0138. The van der Waals surface area contributed by atoms with Gasteiger partial charge in [0.2, 0.25) is 5.91 Å². The Hall–Kier alpha value is -1.91. The maximum Gasteiger partial charge on any atom is 0.305 e. The van der Waals surface area contributed by atoms with E-state index in [1.807, 2.05) is 26.0 Å². The highest BCUT2D eigenvalue weighted by atomic mass is 16.4. The Labute approximate surface area is 113 Å². The zero-order valence-electron chi connectivity index (χ0n) is 11.4. The molecule has 0 bridgehead atoms. The Morgan fingerprint density at radius 1 is 1.37 bits per heavy atom. The lowest BCUT2D eigenvalue weighted by Crippen LogP contribution is -2.38. The van der Waals surface area contributed by atoms with Gasteiger partial charge in [-0.25, -0.2) is 0 Å². The first-order chi connectivity index (χ1) is 9.00. The summed E-state index contributed by atoms with van der Waals surface area (Å²) in [6.07, 6.45) is 4.42. The summed E-state index contributed by atoms with van der Waals surface area (Å²) in [5.41, 5.74) is 1.01. The zero-order chi connectivity index (χ0) is 14.3. The molecule has 1 aromatic rings. The summed E-state index contributed by atoms with van der Waals surface area (Å²) >= 11 is 0. The van der Waals surface area contributed by atoms with Crippen molar-refractivity contribution in [3.05, 3.63) is 30.1 Å². The average Bonchev–Trinajstić information content (AvgIpc) is 2.37. The first kappa shape index (κ1) is 15.1. The molecular weight excluding hydrogens is 244 g/mol. The third-order valence-corrected chi connectivity index (χ3v) is 2.86. The lowest BCUT2D eigenvalue weighted by molar-refractivity contribution is -0.139. The second kappa shape index (κ2) is 7.51. The lowest BCUT2D eigenvalue weighted by atomic mass is 10.1. The molecular formula is C14H20N2O3. The van der Waals surface area contributed by atoms with Crippen molar-refractivity contribution in [2.75, 3.05) is 6.54 Å². The van der Waals surface area contributed by atoms with E-state index in [1.54, 1.807) is 17.3 Å². The summed E-state index contributed by atoms with van der Waals surface area (Å²) in [6, 6.07) is 3.78. The second-order valence-electron chi connectivity index (χ2n) is 4.69. The predicted molar refractivity (Wildman–Crippen MR) is 71.7 cm³/mol. The smallest absolute Gasteiger partial charge is 0.305 e. The van der Waals surface area contributed by atoms with Gasteiger partial charge in [0, 0.05) is 31.4 Å². The number of carboxylic acid groups (broad SMARTS) is 1. The highest BCUT2D eigenvalue weighted by Gasteiger charge is 2.17. The molecule has 0 aliphatic rings. The van der Waals surface area contributed by atoms with Crippen LogP contribution in [0, 0.1) is 0 Å². The summed E-state index contributed by atoms with van der Waals surface area (Å²) in [7, 11) is 0. The van der Waals surface area contributed by atoms with Crippen molar-refractivity contribution in [2.45, 2.75) is 39.2 Å². The van der Waals surface area contributed by atoms with Gasteiger partial charge in [-0.1, -0.05) is 6.07 Å². The van der Waals surface area contributed by atoms with Crippen molar-refractivity contribution < 1.29 is 14.7 Å². The first-order valence-corrected chi connectivity index (χ1v) is 6.41. The molecule has 0 atom stereocenters. The molecule has 19 heavy (non-hydrogen) atoms. The van der Waals surface area contributed by atoms with Crippen LogP contribution < -0.4 is 0 Å². The fourth-order valence-corrected chi connectivity index (χ4v) is 1.83. The van der Waals surface area contributed by atoms with Gasteiger partial charge in [-0.15, -0.1) is 0 Å². The molecule has 1 amide bonds. The van der Waals surface area contributed by atoms with E-state index >= 15 is 0 Å². The fraction of sp³-hybridized carbons (Fsp3) is 0.500. The molecule has 0 spiro atoms. The Morgan fingerprint density at radius 2 is 2.11 bits per heavy atom. The summed E-state index contributed by atoms with van der Waals surface area (Å²) in [5, 5.41) is 8.69. The number of carboxylic acids is 1. The topological polar surface area (TPSA) is 70.5 Å². The van der Waals surface area contributed by atoms with Gasteiger partial charge < -0.3 is 10.0 Å². The number of aromatic nitrogens is 1. The maximum atomic E-state index is 12.1. The highest BCUT2D eigenvalue weighted by molar-refractivity contribution is 5.77. The molecule has 0 saturated carbocycles. The lowest BCUT2D eigenvalue weighted by Gasteiger charge is -2.26. The Balaban J connectivity index is 2.50. The van der Waals surface area contributed by atoms with Crippen molar-refractivity contribution in [3.63, 3.8) is 0 Å². The van der Waals surface area contributed by atoms with E-state index in [0.717, 1.165) is 5.56 Å². The van der Waals surface area contributed by atoms with Crippen LogP contribution in [0.25, 0.3) is 0 Å². The van der Waals surface area contributed by atoms with E-state index in [2.05, 4.69) is 4.98 Å². The number of carbonyl (C=O) groups excluding carboxylic acids is 1. The van der Waals surface area contributed by atoms with Gasteiger partial charge in [0.1, 0.15) is 0 Å². The number of amides is 1. The maximum absolute atomic E-state index is 12.1. The van der Waals surface area contributed by atoms with Gasteiger partial charge in [0.05, 0.1) is 6.42 Å². The summed E-state index contributed by atoms with van der Waals surface area (Å²) in [6.45, 7) is 4.05. The number of hydrogen-bond acceptors (Lipinski definition) is 3. The van der Waals surface area contributed by atoms with Crippen molar-refractivity contribution in [1.82, 2.24) is 9.88 Å². The number of hydrogen-bond donors (Lipinski definition) is 1. The molecule has 1 rings (SSSR count). The van der Waals surface area contributed by atoms with Crippen LogP contribution in [0.3, 0.4) is 0 Å². The molecule has 0 aromatic carbocycles. The van der Waals surface area contributed by atoms with Crippen LogP contribution in [-0.2, 0) is 16.0 Å². The molecule has 5 nitrogen and oxygen atoms in total. The quantitative estimate of drug-likeness (QED) is 0.814. The van der Waals surface area contributed by atoms with Crippen LogP contribution in [0.1, 0.15) is 32.3 Å². The van der Waals surface area contributed by atoms with E-state index in [0.29, 0.717) is 12.8 Å². The van der Waals surface area contributed by atoms with Crippen molar-refractivity contribution in [3.8, 4) is 0 Å². The van der Waals surface area contributed by atoms with E-state index in [9.17, 15) is 9.59 Å². The molecule has 0 unspecified atom stereocenters. The van der Waals surface area contributed by atoms with Crippen LogP contribution in [0.4, 0.5) is 0 Å². The second-order valence-corrected chi connectivity index (χ2v) is 4.69. The standard InChI is InChI=1S/C14H20N2O3/c1-11(2)16(9-7-14(18)19)13(17)6-5-12-4-3-8-15-10-12/h3-4,8,10-11H,5-7,9H2,1-2H3,(H,18,19). The number of aryl methyl sites for hydroxylation is 1. The van der Waals surface area contributed by atoms with Crippen LogP contribution in [0.15, 0.2) is 24.5 Å². The van der Waals surface area contributed by atoms with E-state index in [4.69, 9.17) is 5.11 Å². The SMILES string of the molecule is CC(C)N(CCC(=O)O)C(=O)CCc1cccnc1. The van der Waals surface area contributed by atoms with Gasteiger partial charge in [-0.05, 0) is 31.9 Å². The van der Waals surface area contributed by atoms with Gasteiger partial charge >= 0.3 is 5.97 Å². The van der Waals surface area contributed by atoms with Crippen LogP contribution in [0.5, 0.6) is 0 Å². The Kier molecular flexibility index (Phi) is 5.99. The number of rotatable bonds is 7. The minimum Gasteiger partial charge on any atom is -0.481 e. The molecule has 0 saturated heterocycles. The number of nitrogens with zero attached hydrogens (tertiary/aromatic N) is 2. The molecule has 0 aliphatic carbocycles. The number of pyridine rings is 1. The van der Waals surface area contributed by atoms with E-state index in [1.165, 1.54) is 0 Å². The van der Waals surface area contributed by atoms with E-state index in [-0.39, 0.29) is 24.9 Å². The van der Waals surface area contributed by atoms with Crippen molar-refractivity contribution in [2.24, 2.45) is 0 Å². The molecule has 1 aromatic heterocycles. The fourth-order valence-electron chi connectivity index (χ4n) is 1.83. The Bertz CT molecular complexity index is 418. The third kappa shape index (κ3) is 5.50. The van der Waals surface area contributed by atoms with Crippen LogP contribution in [0.2, 0.25) is 0 Å². The van der Waals surface area contributed by atoms with E-state index < -0.39 is 5.97 Å². The van der Waals surface area contributed by atoms with Gasteiger partial charge in [-0.3, -0.25) is 14.6 Å². The molecule has 104 valence electrons. The molecule has 1 N–H and O–H groups in total. The van der Waals surface area contributed by atoms with Crippen LogP contribution >= 0.6 is 0 Å². The summed E-state index contributed by atoms with van der Waals surface area (Å²) in [4.78, 5) is 28.3. The third-order valence-electron chi connectivity index (χ3n) is 2.86. The van der Waals surface area contributed by atoms with Crippen molar-refractivity contribution in [1.29, 1.82) is 0 Å². The molecule has 0 aliphatic heterocycles. The predicted octanol–water partition coefficient (Wildman–Crippen LogP) is 1.73. The van der Waals surface area contributed by atoms with Gasteiger partial charge in [0.15, 0.2) is 0 Å². The molecule has 5 heteroatoms.